The summed E-state index contributed by atoms with van der Waals surface area (Å²) < 4.78 is 0. The molecule has 0 saturated carbocycles. The number of rotatable bonds is 4. The van der Waals surface area contributed by atoms with E-state index in [2.05, 4.69) is 6.92 Å². The van der Waals surface area contributed by atoms with E-state index in [0.717, 1.165) is 23.1 Å². The topological polar surface area (TPSA) is 80.9 Å². The average molecular weight is 300 g/mol. The molecule has 0 fully saturated rings. The summed E-state index contributed by atoms with van der Waals surface area (Å²) in [6.45, 7) is 4.06. The van der Waals surface area contributed by atoms with Gasteiger partial charge in [0, 0.05) is 0 Å². The molecule has 0 heterocycles. The van der Waals surface area contributed by atoms with Crippen molar-refractivity contribution in [3.05, 3.63) is 53.1 Å². The van der Waals surface area contributed by atoms with Crippen LogP contribution < -0.4 is 0 Å². The van der Waals surface area contributed by atoms with Gasteiger partial charge in [0.15, 0.2) is 23.0 Å². The van der Waals surface area contributed by atoms with Gasteiger partial charge in [-0.05, 0) is 54.7 Å². The lowest BCUT2D eigenvalue weighted by molar-refractivity contribution is 0.403. The molecule has 4 N–H and O–H groups in total. The maximum Gasteiger partial charge on any atom is 0.157 e. The second-order valence-electron chi connectivity index (χ2n) is 5.56. The van der Waals surface area contributed by atoms with Gasteiger partial charge in [-0.3, -0.25) is 0 Å². The summed E-state index contributed by atoms with van der Waals surface area (Å²) in [5, 5.41) is 37.7. The molecule has 1 unspecified atom stereocenters. The highest BCUT2D eigenvalue weighted by atomic mass is 16.3. The van der Waals surface area contributed by atoms with Crippen molar-refractivity contribution in [1.82, 2.24) is 0 Å². The summed E-state index contributed by atoms with van der Waals surface area (Å²) in [5.41, 5.74) is 2.86. The molecule has 4 heteroatoms. The second-order valence-corrected chi connectivity index (χ2v) is 5.56. The van der Waals surface area contributed by atoms with Crippen molar-refractivity contribution in [2.24, 2.45) is 5.92 Å². The molecule has 0 aliphatic heterocycles. The minimum Gasteiger partial charge on any atom is -0.504 e. The Labute approximate surface area is 129 Å². The third-order valence-corrected chi connectivity index (χ3v) is 3.75. The first-order chi connectivity index (χ1) is 10.4. The van der Waals surface area contributed by atoms with E-state index in [1.807, 2.05) is 13.0 Å². The highest BCUT2D eigenvalue weighted by molar-refractivity contribution is 5.57. The lowest BCUT2D eigenvalue weighted by Gasteiger charge is -2.13. The van der Waals surface area contributed by atoms with Crippen molar-refractivity contribution < 1.29 is 20.4 Å². The maximum atomic E-state index is 9.53. The molecule has 22 heavy (non-hydrogen) atoms. The van der Waals surface area contributed by atoms with E-state index in [0.29, 0.717) is 0 Å². The molecular formula is C18H20O4. The molecule has 1 atom stereocenters. The number of phenolic OH excluding ortho intramolecular Hbond substituents is 4. The fourth-order valence-corrected chi connectivity index (χ4v) is 2.25. The van der Waals surface area contributed by atoms with Gasteiger partial charge in [0.05, 0.1) is 0 Å². The third-order valence-electron chi connectivity index (χ3n) is 3.75. The summed E-state index contributed by atoms with van der Waals surface area (Å²) in [6.07, 6.45) is 2.67. The normalized spacial score (nSPS) is 13.1. The minimum absolute atomic E-state index is 0.116. The van der Waals surface area contributed by atoms with Crippen LogP contribution in [-0.2, 0) is 6.42 Å². The van der Waals surface area contributed by atoms with Crippen LogP contribution in [0.1, 0.15) is 25.0 Å². The van der Waals surface area contributed by atoms with E-state index in [4.69, 9.17) is 0 Å². The molecular weight excluding hydrogens is 280 g/mol. The maximum absolute atomic E-state index is 9.53. The molecule has 0 bridgehead atoms. The first kappa shape index (κ1) is 15.8. The van der Waals surface area contributed by atoms with Gasteiger partial charge in [-0.1, -0.05) is 30.7 Å². The van der Waals surface area contributed by atoms with Crippen molar-refractivity contribution in [3.8, 4) is 23.0 Å². The largest absolute Gasteiger partial charge is 0.504 e. The van der Waals surface area contributed by atoms with Gasteiger partial charge < -0.3 is 20.4 Å². The van der Waals surface area contributed by atoms with Gasteiger partial charge in [-0.15, -0.1) is 0 Å². The lowest BCUT2D eigenvalue weighted by Crippen LogP contribution is -2.01. The molecule has 2 aromatic rings. The van der Waals surface area contributed by atoms with E-state index in [-0.39, 0.29) is 28.9 Å². The van der Waals surface area contributed by atoms with Crippen molar-refractivity contribution in [1.29, 1.82) is 0 Å². The van der Waals surface area contributed by atoms with Crippen LogP contribution in [0.4, 0.5) is 0 Å². The number of phenols is 4. The number of aromatic hydroxyl groups is 4. The van der Waals surface area contributed by atoms with Crippen LogP contribution in [0.15, 0.2) is 42.0 Å². The Morgan fingerprint density at radius 2 is 1.50 bits per heavy atom. The molecule has 0 aliphatic carbocycles. The first-order valence-corrected chi connectivity index (χ1v) is 7.08. The predicted octanol–water partition coefficient (Wildman–Crippen LogP) is 3.79. The van der Waals surface area contributed by atoms with Crippen LogP contribution in [0.5, 0.6) is 23.0 Å². The van der Waals surface area contributed by atoms with Gasteiger partial charge in [0.25, 0.3) is 0 Å². The van der Waals surface area contributed by atoms with E-state index in [9.17, 15) is 20.4 Å². The zero-order chi connectivity index (χ0) is 16.3. The summed E-state index contributed by atoms with van der Waals surface area (Å²) in [7, 11) is 0. The molecule has 0 amide bonds. The summed E-state index contributed by atoms with van der Waals surface area (Å²) in [6, 6.07) is 9.53. The number of benzene rings is 2. The van der Waals surface area contributed by atoms with Crippen LogP contribution in [0.25, 0.3) is 6.08 Å². The molecule has 2 aromatic carbocycles. The van der Waals surface area contributed by atoms with E-state index in [1.54, 1.807) is 18.2 Å². The zero-order valence-electron chi connectivity index (χ0n) is 12.6. The van der Waals surface area contributed by atoms with Gasteiger partial charge in [-0.2, -0.15) is 0 Å². The first-order valence-electron chi connectivity index (χ1n) is 7.08. The van der Waals surface area contributed by atoms with E-state index < -0.39 is 0 Å². The fourth-order valence-electron chi connectivity index (χ4n) is 2.25. The SMILES string of the molecule is CC(=Cc1ccc(O)c(O)c1)C(C)Cc1ccc(O)c(O)c1. The minimum atomic E-state index is -0.141. The highest BCUT2D eigenvalue weighted by Crippen LogP contribution is 2.29. The van der Waals surface area contributed by atoms with Gasteiger partial charge >= 0.3 is 0 Å². The Kier molecular flexibility index (Phi) is 4.61. The Bertz CT molecular complexity index is 704. The molecule has 0 radical (unpaired) electrons. The molecule has 116 valence electrons. The Morgan fingerprint density at radius 3 is 2.09 bits per heavy atom. The summed E-state index contributed by atoms with van der Waals surface area (Å²) in [4.78, 5) is 0. The second kappa shape index (κ2) is 6.43. The third kappa shape index (κ3) is 3.73. The van der Waals surface area contributed by atoms with Crippen molar-refractivity contribution >= 4 is 6.08 Å². The Morgan fingerprint density at radius 1 is 0.909 bits per heavy atom. The van der Waals surface area contributed by atoms with Crippen LogP contribution in [-0.4, -0.2) is 20.4 Å². The molecule has 0 spiro atoms. The summed E-state index contributed by atoms with van der Waals surface area (Å²) in [5.74, 6) is -0.294. The van der Waals surface area contributed by atoms with Gasteiger partial charge in [-0.25, -0.2) is 0 Å². The number of hydrogen-bond acceptors (Lipinski definition) is 4. The number of hydrogen-bond donors (Lipinski definition) is 4. The van der Waals surface area contributed by atoms with E-state index >= 15 is 0 Å². The van der Waals surface area contributed by atoms with E-state index in [1.165, 1.54) is 18.2 Å². The standard InChI is InChI=1S/C18H20O4/c1-11(7-13-3-5-15(19)17(21)9-13)12(2)8-14-4-6-16(20)18(22)10-14/h3-7,9-10,12,19-22H,8H2,1-2H3. The van der Waals surface area contributed by atoms with Gasteiger partial charge in [0.2, 0.25) is 0 Å². The quantitative estimate of drug-likeness (QED) is 0.648. The molecule has 0 aliphatic rings. The molecule has 0 aromatic heterocycles. The molecule has 4 nitrogen and oxygen atoms in total. The van der Waals surface area contributed by atoms with Crippen LogP contribution in [0, 0.1) is 5.92 Å². The summed E-state index contributed by atoms with van der Waals surface area (Å²) >= 11 is 0. The highest BCUT2D eigenvalue weighted by Gasteiger charge is 2.09. The van der Waals surface area contributed by atoms with Gasteiger partial charge in [0.1, 0.15) is 0 Å². The molecule has 2 rings (SSSR count). The predicted molar refractivity (Wildman–Crippen MR) is 86.1 cm³/mol. The fraction of sp³-hybridized carbons (Fsp3) is 0.222. The monoisotopic (exact) mass is 300 g/mol. The van der Waals surface area contributed by atoms with Crippen LogP contribution in [0.3, 0.4) is 0 Å². The Hall–Kier alpha value is -2.62. The Balaban J connectivity index is 2.13. The van der Waals surface area contributed by atoms with Crippen molar-refractivity contribution in [2.45, 2.75) is 20.3 Å². The lowest BCUT2D eigenvalue weighted by atomic mass is 9.93. The zero-order valence-corrected chi connectivity index (χ0v) is 12.6. The van der Waals surface area contributed by atoms with Crippen molar-refractivity contribution in [2.75, 3.05) is 0 Å². The molecule has 0 saturated heterocycles. The number of allylic oxidation sites excluding steroid dienone is 1. The smallest absolute Gasteiger partial charge is 0.157 e. The van der Waals surface area contributed by atoms with Crippen LogP contribution >= 0.6 is 0 Å². The average Bonchev–Trinajstić information content (AvgIpc) is 2.46. The van der Waals surface area contributed by atoms with Crippen molar-refractivity contribution in [3.63, 3.8) is 0 Å². The van der Waals surface area contributed by atoms with Crippen LogP contribution in [0.2, 0.25) is 0 Å².